The molecule has 0 saturated heterocycles. The molecule has 2 heterocycles. The van der Waals surface area contributed by atoms with Gasteiger partial charge in [-0.2, -0.15) is 11.3 Å². The largest absolute Gasteiger partial charge is 0.346 e. The molecule has 1 amide bonds. The number of H-pyrrole nitrogens is 1. The Morgan fingerprint density at radius 1 is 1.30 bits per heavy atom. The Bertz CT molecular complexity index is 744. The van der Waals surface area contributed by atoms with Crippen molar-refractivity contribution in [2.45, 2.75) is 32.7 Å². The Labute approximate surface area is 140 Å². The maximum atomic E-state index is 12.3. The number of rotatable bonds is 6. The highest BCUT2D eigenvalue weighted by atomic mass is 32.1. The van der Waals surface area contributed by atoms with Crippen LogP contribution in [0.1, 0.15) is 37.7 Å². The molecule has 1 aromatic carbocycles. The molecule has 0 aliphatic heterocycles. The van der Waals surface area contributed by atoms with Crippen LogP contribution in [0.2, 0.25) is 0 Å². The van der Waals surface area contributed by atoms with Gasteiger partial charge in [0.15, 0.2) is 0 Å². The molecule has 2 aromatic heterocycles. The van der Waals surface area contributed by atoms with Crippen LogP contribution in [-0.4, -0.2) is 15.9 Å². The number of aromatic amines is 1. The van der Waals surface area contributed by atoms with E-state index in [9.17, 15) is 4.79 Å². The van der Waals surface area contributed by atoms with Crippen LogP contribution >= 0.6 is 11.3 Å². The van der Waals surface area contributed by atoms with Crippen LogP contribution in [0.4, 0.5) is 0 Å². The topological polar surface area (TPSA) is 57.8 Å². The SMILES string of the molecule is CC(C)C(NC(=O)CCc1ccsc1)c1nc2ccccc2[nH]1. The Morgan fingerprint density at radius 3 is 2.83 bits per heavy atom. The molecule has 0 aliphatic carbocycles. The normalized spacial score (nSPS) is 12.7. The maximum Gasteiger partial charge on any atom is 0.220 e. The molecule has 0 fully saturated rings. The zero-order valence-electron chi connectivity index (χ0n) is 13.4. The van der Waals surface area contributed by atoms with Gasteiger partial charge in [0.1, 0.15) is 5.82 Å². The number of benzene rings is 1. The fourth-order valence-electron chi connectivity index (χ4n) is 2.61. The molecule has 23 heavy (non-hydrogen) atoms. The van der Waals surface area contributed by atoms with Crippen molar-refractivity contribution in [3.8, 4) is 0 Å². The summed E-state index contributed by atoms with van der Waals surface area (Å²) < 4.78 is 0. The van der Waals surface area contributed by atoms with E-state index in [0.29, 0.717) is 6.42 Å². The zero-order chi connectivity index (χ0) is 16.2. The third-order valence-electron chi connectivity index (χ3n) is 3.91. The number of hydrogen-bond acceptors (Lipinski definition) is 3. The van der Waals surface area contributed by atoms with Crippen LogP contribution in [0.15, 0.2) is 41.1 Å². The van der Waals surface area contributed by atoms with E-state index >= 15 is 0 Å². The predicted molar refractivity (Wildman–Crippen MR) is 94.5 cm³/mol. The number of thiophene rings is 1. The summed E-state index contributed by atoms with van der Waals surface area (Å²) in [6.07, 6.45) is 1.28. The van der Waals surface area contributed by atoms with Crippen LogP contribution < -0.4 is 5.32 Å². The third kappa shape index (κ3) is 3.79. The van der Waals surface area contributed by atoms with Crippen LogP contribution in [0.3, 0.4) is 0 Å². The molecular weight excluding hydrogens is 306 g/mol. The Morgan fingerprint density at radius 2 is 2.13 bits per heavy atom. The smallest absolute Gasteiger partial charge is 0.220 e. The van der Waals surface area contributed by atoms with E-state index in [0.717, 1.165) is 23.3 Å². The van der Waals surface area contributed by atoms with Gasteiger partial charge in [-0.05, 0) is 46.9 Å². The zero-order valence-corrected chi connectivity index (χ0v) is 14.2. The van der Waals surface area contributed by atoms with E-state index < -0.39 is 0 Å². The maximum absolute atomic E-state index is 12.3. The average Bonchev–Trinajstić information content (AvgIpc) is 3.19. The van der Waals surface area contributed by atoms with E-state index in [1.807, 2.05) is 29.6 Å². The fourth-order valence-corrected chi connectivity index (χ4v) is 3.31. The highest BCUT2D eigenvalue weighted by molar-refractivity contribution is 7.07. The van der Waals surface area contributed by atoms with Crippen LogP contribution in [0.5, 0.6) is 0 Å². The molecule has 0 spiro atoms. The summed E-state index contributed by atoms with van der Waals surface area (Å²) in [7, 11) is 0. The minimum absolute atomic E-state index is 0.0651. The second kappa shape index (κ2) is 6.96. The molecular formula is C18H21N3OS. The number of aryl methyl sites for hydroxylation is 1. The van der Waals surface area contributed by atoms with Gasteiger partial charge < -0.3 is 10.3 Å². The number of nitrogens with one attached hydrogen (secondary N) is 2. The van der Waals surface area contributed by atoms with Gasteiger partial charge in [-0.25, -0.2) is 4.98 Å². The molecule has 2 N–H and O–H groups in total. The monoisotopic (exact) mass is 327 g/mol. The van der Waals surface area contributed by atoms with Gasteiger partial charge >= 0.3 is 0 Å². The summed E-state index contributed by atoms with van der Waals surface area (Å²) >= 11 is 1.66. The number of carbonyl (C=O) groups is 1. The van der Waals surface area contributed by atoms with Gasteiger partial charge in [-0.15, -0.1) is 0 Å². The van der Waals surface area contributed by atoms with Gasteiger partial charge in [0.05, 0.1) is 17.1 Å². The highest BCUT2D eigenvalue weighted by Gasteiger charge is 2.21. The van der Waals surface area contributed by atoms with Crippen molar-refractivity contribution in [1.29, 1.82) is 0 Å². The molecule has 3 aromatic rings. The molecule has 1 atom stereocenters. The van der Waals surface area contributed by atoms with Crippen LogP contribution in [-0.2, 0) is 11.2 Å². The number of para-hydroxylation sites is 2. The minimum atomic E-state index is -0.0997. The van der Waals surface area contributed by atoms with E-state index in [-0.39, 0.29) is 17.9 Å². The van der Waals surface area contributed by atoms with Gasteiger partial charge in [-0.1, -0.05) is 26.0 Å². The van der Waals surface area contributed by atoms with Crippen molar-refractivity contribution < 1.29 is 4.79 Å². The highest BCUT2D eigenvalue weighted by Crippen LogP contribution is 2.22. The summed E-state index contributed by atoms with van der Waals surface area (Å²) in [5.41, 5.74) is 3.15. The first-order chi connectivity index (χ1) is 11.1. The first kappa shape index (κ1) is 15.7. The molecule has 3 rings (SSSR count). The van der Waals surface area contributed by atoms with E-state index in [1.54, 1.807) is 11.3 Å². The Kier molecular flexibility index (Phi) is 4.76. The average molecular weight is 327 g/mol. The van der Waals surface area contributed by atoms with Crippen molar-refractivity contribution in [1.82, 2.24) is 15.3 Å². The van der Waals surface area contributed by atoms with Crippen LogP contribution in [0.25, 0.3) is 11.0 Å². The van der Waals surface area contributed by atoms with E-state index in [1.165, 1.54) is 5.56 Å². The summed E-state index contributed by atoms with van der Waals surface area (Å²) in [6.45, 7) is 4.19. The van der Waals surface area contributed by atoms with Gasteiger partial charge in [0, 0.05) is 6.42 Å². The molecule has 0 saturated carbocycles. The Hall–Kier alpha value is -2.14. The summed E-state index contributed by atoms with van der Waals surface area (Å²) in [5, 5.41) is 7.26. The minimum Gasteiger partial charge on any atom is -0.346 e. The van der Waals surface area contributed by atoms with E-state index in [2.05, 4.69) is 40.6 Å². The van der Waals surface area contributed by atoms with Crippen molar-refractivity contribution >= 4 is 28.3 Å². The molecule has 120 valence electrons. The number of amides is 1. The second-order valence-corrected chi connectivity index (χ2v) is 6.84. The lowest BCUT2D eigenvalue weighted by atomic mass is 10.0. The quantitative estimate of drug-likeness (QED) is 0.717. The van der Waals surface area contributed by atoms with Crippen molar-refractivity contribution in [2.75, 3.05) is 0 Å². The summed E-state index contributed by atoms with van der Waals surface area (Å²) in [5.74, 6) is 1.15. The van der Waals surface area contributed by atoms with Crippen molar-refractivity contribution in [3.63, 3.8) is 0 Å². The molecule has 4 nitrogen and oxygen atoms in total. The first-order valence-corrected chi connectivity index (χ1v) is 8.83. The molecule has 5 heteroatoms. The van der Waals surface area contributed by atoms with Crippen molar-refractivity contribution in [3.05, 3.63) is 52.5 Å². The molecule has 1 unspecified atom stereocenters. The lowest BCUT2D eigenvalue weighted by Gasteiger charge is -2.20. The number of fused-ring (bicyclic) bond motifs is 1. The van der Waals surface area contributed by atoms with Gasteiger partial charge in [-0.3, -0.25) is 4.79 Å². The number of carbonyl (C=O) groups excluding carboxylic acids is 1. The van der Waals surface area contributed by atoms with Gasteiger partial charge in [0.2, 0.25) is 5.91 Å². The number of aromatic nitrogens is 2. The molecule has 0 aliphatic rings. The van der Waals surface area contributed by atoms with Crippen LogP contribution in [0, 0.1) is 5.92 Å². The lowest BCUT2D eigenvalue weighted by molar-refractivity contribution is -0.122. The number of nitrogens with zero attached hydrogens (tertiary/aromatic N) is 1. The molecule has 0 radical (unpaired) electrons. The number of hydrogen-bond donors (Lipinski definition) is 2. The van der Waals surface area contributed by atoms with Crippen molar-refractivity contribution in [2.24, 2.45) is 5.92 Å². The van der Waals surface area contributed by atoms with E-state index in [4.69, 9.17) is 0 Å². The molecule has 0 bridgehead atoms. The lowest BCUT2D eigenvalue weighted by Crippen LogP contribution is -2.32. The second-order valence-electron chi connectivity index (χ2n) is 6.06. The fraction of sp³-hybridized carbons (Fsp3) is 0.333. The standard InChI is InChI=1S/C18H21N3OS/c1-12(2)17(18-19-14-5-3-4-6-15(14)20-18)21-16(22)8-7-13-9-10-23-11-13/h3-6,9-12,17H,7-8H2,1-2H3,(H,19,20)(H,21,22). The number of imidazole rings is 1. The first-order valence-electron chi connectivity index (χ1n) is 7.88. The summed E-state index contributed by atoms with van der Waals surface area (Å²) in [4.78, 5) is 20.2. The predicted octanol–water partition coefficient (Wildman–Crippen LogP) is 4.07. The third-order valence-corrected chi connectivity index (χ3v) is 4.64. The van der Waals surface area contributed by atoms with Gasteiger partial charge in [0.25, 0.3) is 0 Å². The Balaban J connectivity index is 1.69. The summed E-state index contributed by atoms with van der Waals surface area (Å²) in [6, 6.07) is 9.90.